The van der Waals surface area contributed by atoms with Gasteiger partial charge in [-0.1, -0.05) is 6.42 Å². The van der Waals surface area contributed by atoms with Crippen molar-refractivity contribution in [2.24, 2.45) is 11.8 Å². The van der Waals surface area contributed by atoms with Gasteiger partial charge in [0.2, 0.25) is 0 Å². The van der Waals surface area contributed by atoms with Crippen LogP contribution in [0.3, 0.4) is 0 Å². The Kier molecular flexibility index (Phi) is 3.28. The smallest absolute Gasteiger partial charge is 0.308 e. The summed E-state index contributed by atoms with van der Waals surface area (Å²) in [6, 6.07) is 0. The molecule has 0 amide bonds. The van der Waals surface area contributed by atoms with E-state index in [1.165, 1.54) is 7.11 Å². The van der Waals surface area contributed by atoms with Crippen molar-refractivity contribution in [3.8, 4) is 0 Å². The highest BCUT2D eigenvalue weighted by Gasteiger charge is 2.31. The number of carboxylic acids is 1. The van der Waals surface area contributed by atoms with Crippen molar-refractivity contribution in [3.05, 3.63) is 0 Å². The van der Waals surface area contributed by atoms with Crippen molar-refractivity contribution in [1.29, 1.82) is 0 Å². The average Bonchev–Trinajstić information content (AvgIpc) is 2.17. The molecule has 4 nitrogen and oxygen atoms in total. The number of aliphatic carboxylic acids is 1. The van der Waals surface area contributed by atoms with Gasteiger partial charge >= 0.3 is 11.9 Å². The summed E-state index contributed by atoms with van der Waals surface area (Å²) in [5, 5.41) is 8.76. The highest BCUT2D eigenvalue weighted by atomic mass is 16.5. The molecule has 2 atom stereocenters. The molecule has 0 aromatic rings. The molecular weight excluding hydrogens is 172 g/mol. The molecule has 0 saturated heterocycles. The Morgan fingerprint density at radius 3 is 2.46 bits per heavy atom. The number of hydrogen-bond acceptors (Lipinski definition) is 3. The molecule has 0 aliphatic heterocycles. The third-order valence-corrected chi connectivity index (χ3v) is 2.56. The molecule has 1 saturated carbocycles. The molecule has 4 heteroatoms. The monoisotopic (exact) mass is 186 g/mol. The number of carboxylic acid groups (broad SMARTS) is 1. The van der Waals surface area contributed by atoms with E-state index in [2.05, 4.69) is 4.74 Å². The highest BCUT2D eigenvalue weighted by molar-refractivity contribution is 5.75. The van der Waals surface area contributed by atoms with E-state index < -0.39 is 5.97 Å². The second-order valence-electron chi connectivity index (χ2n) is 3.42. The maximum absolute atomic E-state index is 11.1. The lowest BCUT2D eigenvalue weighted by Crippen LogP contribution is -2.27. The topological polar surface area (TPSA) is 63.6 Å². The van der Waals surface area contributed by atoms with Crippen molar-refractivity contribution in [2.45, 2.75) is 25.7 Å². The van der Waals surface area contributed by atoms with Crippen LogP contribution in [0.1, 0.15) is 25.7 Å². The summed E-state index contributed by atoms with van der Waals surface area (Å²) in [6.07, 6.45) is 2.68. The quantitative estimate of drug-likeness (QED) is 0.655. The summed E-state index contributed by atoms with van der Waals surface area (Å²) < 4.78 is 4.59. The third-order valence-electron chi connectivity index (χ3n) is 2.56. The molecule has 1 aliphatic rings. The molecule has 0 aromatic carbocycles. The standard InChI is InChI=1S/C9H14O4/c1-13-9(12)7-4-2-3-6(5-7)8(10)11/h6-7H,2-5H2,1H3,(H,10,11)/t6-,7+/m0/s1. The second kappa shape index (κ2) is 4.25. The van der Waals surface area contributed by atoms with E-state index in [-0.39, 0.29) is 17.8 Å². The van der Waals surface area contributed by atoms with Crippen LogP contribution in [0.2, 0.25) is 0 Å². The maximum Gasteiger partial charge on any atom is 0.308 e. The minimum atomic E-state index is -0.798. The predicted molar refractivity (Wildman–Crippen MR) is 45.1 cm³/mol. The first-order valence-electron chi connectivity index (χ1n) is 4.45. The van der Waals surface area contributed by atoms with Gasteiger partial charge in [-0.3, -0.25) is 9.59 Å². The van der Waals surface area contributed by atoms with Gasteiger partial charge in [0.15, 0.2) is 0 Å². The van der Waals surface area contributed by atoms with E-state index in [4.69, 9.17) is 5.11 Å². The number of carbonyl (C=O) groups excluding carboxylic acids is 1. The van der Waals surface area contributed by atoms with Gasteiger partial charge in [0.1, 0.15) is 0 Å². The Morgan fingerprint density at radius 2 is 1.92 bits per heavy atom. The van der Waals surface area contributed by atoms with Crippen molar-refractivity contribution >= 4 is 11.9 Å². The molecule has 0 radical (unpaired) electrons. The molecule has 74 valence electrons. The Labute approximate surface area is 76.9 Å². The molecule has 0 heterocycles. The molecule has 0 spiro atoms. The van der Waals surface area contributed by atoms with Gasteiger partial charge in [-0.05, 0) is 19.3 Å². The Morgan fingerprint density at radius 1 is 1.31 bits per heavy atom. The minimum Gasteiger partial charge on any atom is -0.481 e. The van der Waals surface area contributed by atoms with Gasteiger partial charge < -0.3 is 9.84 Å². The van der Waals surface area contributed by atoms with Gasteiger partial charge in [0, 0.05) is 0 Å². The summed E-state index contributed by atoms with van der Waals surface area (Å²) in [7, 11) is 1.34. The van der Waals surface area contributed by atoms with E-state index in [0.717, 1.165) is 12.8 Å². The molecule has 1 aliphatic carbocycles. The van der Waals surface area contributed by atoms with Crippen LogP contribution in [0.25, 0.3) is 0 Å². The summed E-state index contributed by atoms with van der Waals surface area (Å²) in [5.41, 5.74) is 0. The molecule has 1 rings (SSSR count). The lowest BCUT2D eigenvalue weighted by atomic mass is 9.81. The first-order chi connectivity index (χ1) is 6.15. The van der Waals surface area contributed by atoms with Crippen molar-refractivity contribution < 1.29 is 19.4 Å². The Bertz CT molecular complexity index is 212. The predicted octanol–water partition coefficient (Wildman–Crippen LogP) is 1.05. The summed E-state index contributed by atoms with van der Waals surface area (Å²) in [5.74, 6) is -1.64. The van der Waals surface area contributed by atoms with Crippen LogP contribution < -0.4 is 0 Å². The molecule has 0 bridgehead atoms. The fourth-order valence-corrected chi connectivity index (χ4v) is 1.79. The number of hydrogen-bond donors (Lipinski definition) is 1. The molecule has 13 heavy (non-hydrogen) atoms. The second-order valence-corrected chi connectivity index (χ2v) is 3.42. The Hall–Kier alpha value is -1.06. The first kappa shape index (κ1) is 10.0. The van der Waals surface area contributed by atoms with E-state index in [9.17, 15) is 9.59 Å². The van der Waals surface area contributed by atoms with Crippen LogP contribution in [0.5, 0.6) is 0 Å². The largest absolute Gasteiger partial charge is 0.481 e. The SMILES string of the molecule is COC(=O)[C@@H]1CCC[C@H](C(=O)O)C1. The van der Waals surface area contributed by atoms with E-state index in [1.807, 2.05) is 0 Å². The van der Waals surface area contributed by atoms with Crippen LogP contribution in [-0.2, 0) is 14.3 Å². The fourth-order valence-electron chi connectivity index (χ4n) is 1.79. The molecule has 0 aromatic heterocycles. The van der Waals surface area contributed by atoms with E-state index in [1.54, 1.807) is 0 Å². The zero-order valence-electron chi connectivity index (χ0n) is 7.66. The summed E-state index contributed by atoms with van der Waals surface area (Å²) >= 11 is 0. The van der Waals surface area contributed by atoms with E-state index >= 15 is 0 Å². The third kappa shape index (κ3) is 2.44. The van der Waals surface area contributed by atoms with Crippen LogP contribution in [-0.4, -0.2) is 24.2 Å². The highest BCUT2D eigenvalue weighted by Crippen LogP contribution is 2.29. The van der Waals surface area contributed by atoms with Crippen molar-refractivity contribution in [2.75, 3.05) is 7.11 Å². The van der Waals surface area contributed by atoms with Crippen molar-refractivity contribution in [1.82, 2.24) is 0 Å². The average molecular weight is 186 g/mol. The van der Waals surface area contributed by atoms with Gasteiger partial charge in [-0.15, -0.1) is 0 Å². The van der Waals surface area contributed by atoms with Crippen LogP contribution in [0, 0.1) is 11.8 Å². The number of methoxy groups -OCH3 is 1. The maximum atomic E-state index is 11.1. The molecule has 0 unspecified atom stereocenters. The van der Waals surface area contributed by atoms with Crippen molar-refractivity contribution in [3.63, 3.8) is 0 Å². The van der Waals surface area contributed by atoms with Crippen LogP contribution in [0.15, 0.2) is 0 Å². The lowest BCUT2D eigenvalue weighted by Gasteiger charge is -2.24. The van der Waals surface area contributed by atoms with Crippen LogP contribution in [0.4, 0.5) is 0 Å². The zero-order chi connectivity index (χ0) is 9.84. The van der Waals surface area contributed by atoms with E-state index in [0.29, 0.717) is 12.8 Å². The number of ether oxygens (including phenoxy) is 1. The van der Waals surface area contributed by atoms with Gasteiger partial charge in [0.25, 0.3) is 0 Å². The minimum absolute atomic E-state index is 0.208. The number of rotatable bonds is 2. The number of carbonyl (C=O) groups is 2. The molecule has 1 fully saturated rings. The number of esters is 1. The van der Waals surface area contributed by atoms with Gasteiger partial charge in [-0.2, -0.15) is 0 Å². The summed E-state index contributed by atoms with van der Waals surface area (Å²) in [4.78, 5) is 21.8. The molecular formula is C9H14O4. The summed E-state index contributed by atoms with van der Waals surface area (Å²) in [6.45, 7) is 0. The Balaban J connectivity index is 2.51. The normalized spacial score (nSPS) is 28.1. The van der Waals surface area contributed by atoms with Gasteiger partial charge in [-0.25, -0.2) is 0 Å². The fraction of sp³-hybridized carbons (Fsp3) is 0.778. The lowest BCUT2D eigenvalue weighted by molar-refractivity contribution is -0.150. The van der Waals surface area contributed by atoms with Gasteiger partial charge in [0.05, 0.1) is 18.9 Å². The zero-order valence-corrected chi connectivity index (χ0v) is 7.66. The van der Waals surface area contributed by atoms with Crippen LogP contribution >= 0.6 is 0 Å². The molecule has 1 N–H and O–H groups in total. The first-order valence-corrected chi connectivity index (χ1v) is 4.45.